The lowest BCUT2D eigenvalue weighted by Gasteiger charge is -2.34. The predicted octanol–water partition coefficient (Wildman–Crippen LogP) is 4.88. The Kier molecular flexibility index (Phi) is 6.41. The minimum atomic E-state index is -0.516. The van der Waals surface area contributed by atoms with Crippen LogP contribution in [0.15, 0.2) is 24.3 Å². The molecule has 6 nitrogen and oxygen atoms in total. The molecule has 2 aliphatic rings. The largest absolute Gasteiger partial charge is 0.496 e. The number of methoxy groups -OCH3 is 1. The molecule has 0 atom stereocenters. The maximum atomic E-state index is 13.9. The van der Waals surface area contributed by atoms with Gasteiger partial charge in [-0.05, 0) is 81.5 Å². The van der Waals surface area contributed by atoms with Gasteiger partial charge < -0.3 is 24.0 Å². The lowest BCUT2D eigenvalue weighted by molar-refractivity contribution is 0.0258. The Labute approximate surface area is 195 Å². The molecule has 0 N–H and O–H groups in total. The second-order valence-corrected chi connectivity index (χ2v) is 9.68. The molecule has 2 aliphatic heterocycles. The van der Waals surface area contributed by atoms with Gasteiger partial charge in [0.2, 0.25) is 0 Å². The van der Waals surface area contributed by atoms with Crippen molar-refractivity contribution in [3.8, 4) is 11.5 Å². The fourth-order valence-corrected chi connectivity index (χ4v) is 4.69. The molecule has 2 aromatic carbocycles. The van der Waals surface area contributed by atoms with Gasteiger partial charge in [0, 0.05) is 25.2 Å². The van der Waals surface area contributed by atoms with Crippen molar-refractivity contribution < 1.29 is 23.4 Å². The second-order valence-electron chi connectivity index (χ2n) is 9.68. The number of carbonyl (C=O) groups excluding carboxylic acids is 1. The summed E-state index contributed by atoms with van der Waals surface area (Å²) in [5.74, 6) is 1.24. The van der Waals surface area contributed by atoms with E-state index in [1.807, 2.05) is 20.8 Å². The van der Waals surface area contributed by atoms with Crippen LogP contribution in [-0.4, -0.2) is 49.9 Å². The van der Waals surface area contributed by atoms with Gasteiger partial charge in [-0.25, -0.2) is 9.18 Å². The molecule has 33 heavy (non-hydrogen) atoms. The summed E-state index contributed by atoms with van der Waals surface area (Å²) in [6, 6.07) is 6.73. The molecule has 178 valence electrons. The van der Waals surface area contributed by atoms with Crippen molar-refractivity contribution >= 4 is 11.8 Å². The Bertz CT molecular complexity index is 1050. The third-order valence-electron chi connectivity index (χ3n) is 6.21. The molecule has 4 rings (SSSR count). The minimum absolute atomic E-state index is 0.270. The first kappa shape index (κ1) is 23.2. The molecule has 0 bridgehead atoms. The summed E-state index contributed by atoms with van der Waals surface area (Å²) in [4.78, 5) is 16.7. The zero-order valence-corrected chi connectivity index (χ0v) is 20.2. The van der Waals surface area contributed by atoms with E-state index in [-0.39, 0.29) is 11.9 Å². The van der Waals surface area contributed by atoms with Crippen LogP contribution >= 0.6 is 0 Å². The summed E-state index contributed by atoms with van der Waals surface area (Å²) in [7, 11) is 1.60. The molecule has 2 heterocycles. The quantitative estimate of drug-likeness (QED) is 0.659. The van der Waals surface area contributed by atoms with E-state index in [2.05, 4.69) is 17.9 Å². The molecule has 1 amide bonds. The van der Waals surface area contributed by atoms with Crippen molar-refractivity contribution in [2.45, 2.75) is 52.7 Å². The molecule has 7 heteroatoms. The average Bonchev–Trinajstić information content (AvgIpc) is 2.96. The highest BCUT2D eigenvalue weighted by atomic mass is 19.1. The van der Waals surface area contributed by atoms with Gasteiger partial charge in [0.1, 0.15) is 29.5 Å². The molecule has 0 fully saturated rings. The summed E-state index contributed by atoms with van der Waals surface area (Å²) in [6.07, 6.45) is 1.24. The Morgan fingerprint density at radius 2 is 1.91 bits per heavy atom. The number of halogens is 1. The summed E-state index contributed by atoms with van der Waals surface area (Å²) >= 11 is 0. The molecule has 0 spiro atoms. The lowest BCUT2D eigenvalue weighted by Crippen LogP contribution is -2.38. The van der Waals surface area contributed by atoms with E-state index in [0.717, 1.165) is 35.4 Å². The molecule has 2 aromatic rings. The number of fused-ring (bicyclic) bond motifs is 2. The number of benzene rings is 2. The van der Waals surface area contributed by atoms with Crippen molar-refractivity contribution in [3.63, 3.8) is 0 Å². The van der Waals surface area contributed by atoms with Gasteiger partial charge in [0.05, 0.1) is 19.3 Å². The van der Waals surface area contributed by atoms with Crippen LogP contribution in [-0.2, 0) is 24.1 Å². The molecule has 0 unspecified atom stereocenters. The van der Waals surface area contributed by atoms with Crippen LogP contribution in [0.5, 0.6) is 11.5 Å². The number of rotatable bonds is 3. The van der Waals surface area contributed by atoms with Gasteiger partial charge >= 0.3 is 6.09 Å². The summed E-state index contributed by atoms with van der Waals surface area (Å²) in [6.45, 7) is 10.8. The van der Waals surface area contributed by atoms with Gasteiger partial charge in [0.25, 0.3) is 0 Å². The number of hydrogen-bond acceptors (Lipinski definition) is 5. The zero-order valence-electron chi connectivity index (χ0n) is 20.2. The zero-order chi connectivity index (χ0) is 23.8. The topological polar surface area (TPSA) is 51.2 Å². The van der Waals surface area contributed by atoms with Crippen LogP contribution in [0.25, 0.3) is 0 Å². The number of ether oxygens (including phenoxy) is 3. The van der Waals surface area contributed by atoms with Gasteiger partial charge in [-0.1, -0.05) is 0 Å². The second kappa shape index (κ2) is 9.12. The molecule has 0 aliphatic carbocycles. The minimum Gasteiger partial charge on any atom is -0.496 e. The first-order valence-electron chi connectivity index (χ1n) is 11.5. The third-order valence-corrected chi connectivity index (χ3v) is 6.21. The molecule has 0 saturated carbocycles. The molecular weight excluding hydrogens is 423 g/mol. The summed E-state index contributed by atoms with van der Waals surface area (Å²) in [5, 5.41) is 0. The van der Waals surface area contributed by atoms with Gasteiger partial charge in [0.15, 0.2) is 0 Å². The predicted molar refractivity (Wildman–Crippen MR) is 126 cm³/mol. The van der Waals surface area contributed by atoms with Gasteiger partial charge in [-0.15, -0.1) is 0 Å². The Hall–Kier alpha value is -2.96. The van der Waals surface area contributed by atoms with Crippen LogP contribution < -0.4 is 14.4 Å². The van der Waals surface area contributed by atoms with Crippen molar-refractivity contribution in [1.82, 2.24) is 4.90 Å². The van der Waals surface area contributed by atoms with Gasteiger partial charge in [-0.3, -0.25) is 0 Å². The Balaban J connectivity index is 1.61. The normalized spacial score (nSPS) is 15.8. The van der Waals surface area contributed by atoms with E-state index in [9.17, 15) is 9.18 Å². The lowest BCUT2D eigenvalue weighted by atomic mass is 9.94. The first-order valence-corrected chi connectivity index (χ1v) is 11.5. The van der Waals surface area contributed by atoms with Crippen LogP contribution in [0.1, 0.15) is 43.0 Å². The highest BCUT2D eigenvalue weighted by Gasteiger charge is 2.29. The monoisotopic (exact) mass is 456 g/mol. The highest BCUT2D eigenvalue weighted by Crippen LogP contribution is 2.41. The van der Waals surface area contributed by atoms with E-state index in [1.165, 1.54) is 23.3 Å². The highest BCUT2D eigenvalue weighted by molar-refractivity contribution is 5.71. The maximum Gasteiger partial charge on any atom is 0.410 e. The van der Waals surface area contributed by atoms with Crippen molar-refractivity contribution in [1.29, 1.82) is 0 Å². The van der Waals surface area contributed by atoms with Crippen LogP contribution in [0, 0.1) is 12.7 Å². The third kappa shape index (κ3) is 5.02. The van der Waals surface area contributed by atoms with E-state index >= 15 is 0 Å². The number of hydrogen-bond donors (Lipinski definition) is 0. The van der Waals surface area contributed by atoms with Gasteiger partial charge in [-0.2, -0.15) is 0 Å². The SMILES string of the molecule is COc1ccc(F)cc1CN1CCOc2cc3c(c(C)c21)CCN(C(=O)OC(C)(C)C)CC3. The van der Waals surface area contributed by atoms with Crippen molar-refractivity contribution in [2.75, 3.05) is 38.3 Å². The van der Waals surface area contributed by atoms with Crippen LogP contribution in [0.4, 0.5) is 14.9 Å². The van der Waals surface area contributed by atoms with E-state index in [1.54, 1.807) is 18.1 Å². The Morgan fingerprint density at radius 1 is 1.15 bits per heavy atom. The van der Waals surface area contributed by atoms with Crippen LogP contribution in [0.3, 0.4) is 0 Å². The average molecular weight is 457 g/mol. The molecule has 0 saturated heterocycles. The number of carbonyl (C=O) groups is 1. The van der Waals surface area contributed by atoms with Crippen molar-refractivity contribution in [2.24, 2.45) is 0 Å². The number of anilines is 1. The van der Waals surface area contributed by atoms with Crippen molar-refractivity contribution in [3.05, 3.63) is 52.3 Å². The van der Waals surface area contributed by atoms with E-state index in [0.29, 0.717) is 38.5 Å². The molecule has 0 radical (unpaired) electrons. The summed E-state index contributed by atoms with van der Waals surface area (Å²) < 4.78 is 31.0. The fourth-order valence-electron chi connectivity index (χ4n) is 4.69. The maximum absolute atomic E-state index is 13.9. The first-order chi connectivity index (χ1) is 15.7. The standard InChI is InChI=1S/C26H33FN2O4/c1-17-21-9-11-28(25(30)33-26(2,3)4)10-8-18(21)15-23-24(17)29(12-13-32-23)16-19-14-20(27)6-7-22(19)31-5/h6-7,14-15H,8-13,16H2,1-5H3. The number of amides is 1. The molecular formula is C26H33FN2O4. The van der Waals surface area contributed by atoms with E-state index < -0.39 is 5.60 Å². The fraction of sp³-hybridized carbons (Fsp3) is 0.500. The summed E-state index contributed by atoms with van der Waals surface area (Å²) in [5.41, 5.74) is 4.94. The smallest absolute Gasteiger partial charge is 0.410 e. The van der Waals surface area contributed by atoms with Crippen LogP contribution in [0.2, 0.25) is 0 Å². The van der Waals surface area contributed by atoms with E-state index in [4.69, 9.17) is 14.2 Å². The molecule has 0 aromatic heterocycles. The number of nitrogens with zero attached hydrogens (tertiary/aromatic N) is 2. The Morgan fingerprint density at radius 3 is 2.64 bits per heavy atom.